The first-order chi connectivity index (χ1) is 16.6. The van der Waals surface area contributed by atoms with E-state index in [0.29, 0.717) is 6.04 Å². The van der Waals surface area contributed by atoms with Crippen LogP contribution in [0, 0.1) is 6.92 Å². The van der Waals surface area contributed by atoms with Crippen LogP contribution in [0.1, 0.15) is 36.7 Å². The van der Waals surface area contributed by atoms with Gasteiger partial charge >= 0.3 is 24.3 Å². The molecule has 0 atom stereocenters. The fourth-order valence-corrected chi connectivity index (χ4v) is 3.07. The average molecular weight is 527 g/mol. The number of aromatic amines is 1. The van der Waals surface area contributed by atoms with Gasteiger partial charge in [-0.3, -0.25) is 15.0 Å². The Balaban J connectivity index is 0.000000383. The van der Waals surface area contributed by atoms with Gasteiger partial charge in [0.2, 0.25) is 0 Å². The molecule has 9 nitrogen and oxygen atoms in total. The smallest absolute Gasteiger partial charge is 0.475 e. The molecule has 1 aliphatic heterocycles. The number of pyridine rings is 1. The SMILES string of the molecule is CCc1[nH]nc(NC2CCN(Cc3ccccn3)CC2)c1C.O=C(O)C(F)(F)F.O=C(O)C(F)(F)F. The molecule has 2 aromatic heterocycles. The van der Waals surface area contributed by atoms with Crippen molar-refractivity contribution in [2.45, 2.75) is 58.0 Å². The standard InChI is InChI=1S/C17H25N5.2C2HF3O2/c1-3-16-13(2)17(21-20-16)19-14-7-10-22(11-8-14)12-15-6-4-5-9-18-15;2*3-2(4,5)1(6)7/h4-6,9,14H,3,7-8,10-12H2,1-2H3,(H2,19,20,21);2*(H,6,7). The Labute approximate surface area is 202 Å². The topological polar surface area (TPSA) is 131 Å². The molecule has 3 rings (SSSR count). The van der Waals surface area contributed by atoms with E-state index in [9.17, 15) is 26.3 Å². The van der Waals surface area contributed by atoms with Gasteiger partial charge in [-0.15, -0.1) is 0 Å². The number of aliphatic carboxylic acids is 2. The van der Waals surface area contributed by atoms with Gasteiger partial charge in [0.05, 0.1) is 5.69 Å². The Morgan fingerprint density at radius 2 is 1.61 bits per heavy atom. The second-order valence-electron chi connectivity index (χ2n) is 7.65. The number of nitrogens with zero attached hydrogens (tertiary/aromatic N) is 3. The Morgan fingerprint density at radius 3 is 2.00 bits per heavy atom. The lowest BCUT2D eigenvalue weighted by Crippen LogP contribution is -2.39. The second kappa shape index (κ2) is 13.7. The Kier molecular flexibility index (Phi) is 11.6. The van der Waals surface area contributed by atoms with Crippen molar-refractivity contribution in [1.29, 1.82) is 0 Å². The summed E-state index contributed by atoms with van der Waals surface area (Å²) >= 11 is 0. The number of anilines is 1. The minimum absolute atomic E-state index is 0.520. The van der Waals surface area contributed by atoms with Gasteiger partial charge < -0.3 is 15.5 Å². The van der Waals surface area contributed by atoms with Crippen molar-refractivity contribution in [3.63, 3.8) is 0 Å². The van der Waals surface area contributed by atoms with Gasteiger partial charge in [0.1, 0.15) is 0 Å². The highest BCUT2D eigenvalue weighted by molar-refractivity contribution is 5.73. The van der Waals surface area contributed by atoms with Gasteiger partial charge in [0.25, 0.3) is 0 Å². The zero-order chi connectivity index (χ0) is 27.5. The Hall–Kier alpha value is -3.36. The van der Waals surface area contributed by atoms with E-state index in [0.717, 1.165) is 50.4 Å². The zero-order valence-corrected chi connectivity index (χ0v) is 19.4. The van der Waals surface area contributed by atoms with Crippen molar-refractivity contribution in [3.05, 3.63) is 41.3 Å². The van der Waals surface area contributed by atoms with Gasteiger partial charge in [-0.2, -0.15) is 31.4 Å². The summed E-state index contributed by atoms with van der Waals surface area (Å²) in [4.78, 5) is 24.7. The number of halogens is 6. The molecule has 202 valence electrons. The van der Waals surface area contributed by atoms with E-state index in [1.54, 1.807) is 0 Å². The Morgan fingerprint density at radius 1 is 1.08 bits per heavy atom. The fraction of sp³-hybridized carbons (Fsp3) is 0.524. The third-order valence-electron chi connectivity index (χ3n) is 4.99. The number of H-pyrrole nitrogens is 1. The van der Waals surface area contributed by atoms with E-state index in [2.05, 4.69) is 51.4 Å². The van der Waals surface area contributed by atoms with Gasteiger partial charge in [-0.1, -0.05) is 13.0 Å². The van der Waals surface area contributed by atoms with E-state index in [1.165, 1.54) is 11.3 Å². The molecule has 0 spiro atoms. The van der Waals surface area contributed by atoms with Crippen LogP contribution in [0.15, 0.2) is 24.4 Å². The van der Waals surface area contributed by atoms with Crippen LogP contribution in [0.2, 0.25) is 0 Å². The molecule has 3 heterocycles. The molecule has 0 saturated carbocycles. The summed E-state index contributed by atoms with van der Waals surface area (Å²) in [5.74, 6) is -4.49. The molecule has 1 aliphatic rings. The summed E-state index contributed by atoms with van der Waals surface area (Å²) in [7, 11) is 0. The minimum atomic E-state index is -5.08. The molecular formula is C21H27F6N5O4. The molecule has 2 aromatic rings. The number of carboxylic acid groups (broad SMARTS) is 2. The summed E-state index contributed by atoms with van der Waals surface area (Å²) in [5, 5.41) is 25.4. The first kappa shape index (κ1) is 30.7. The molecular weight excluding hydrogens is 500 g/mol. The molecule has 15 heteroatoms. The molecule has 0 amide bonds. The molecule has 4 N–H and O–H groups in total. The molecule has 0 aromatic carbocycles. The molecule has 0 unspecified atom stereocenters. The summed E-state index contributed by atoms with van der Waals surface area (Å²) in [6.07, 6.45) is -4.99. The van der Waals surface area contributed by atoms with Crippen LogP contribution in [0.3, 0.4) is 0 Å². The highest BCUT2D eigenvalue weighted by atomic mass is 19.4. The number of rotatable bonds is 5. The van der Waals surface area contributed by atoms with Crippen LogP contribution in [-0.4, -0.2) is 73.7 Å². The van der Waals surface area contributed by atoms with Crippen molar-refractivity contribution < 1.29 is 46.1 Å². The number of aromatic nitrogens is 3. The lowest BCUT2D eigenvalue weighted by Gasteiger charge is -2.32. The van der Waals surface area contributed by atoms with Crippen molar-refractivity contribution >= 4 is 17.8 Å². The van der Waals surface area contributed by atoms with Crippen molar-refractivity contribution in [2.75, 3.05) is 18.4 Å². The maximum Gasteiger partial charge on any atom is 0.490 e. The number of aryl methyl sites for hydroxylation is 1. The van der Waals surface area contributed by atoms with Crippen LogP contribution in [0.5, 0.6) is 0 Å². The third-order valence-corrected chi connectivity index (χ3v) is 4.99. The van der Waals surface area contributed by atoms with E-state index in [4.69, 9.17) is 19.8 Å². The number of alkyl halides is 6. The number of nitrogens with one attached hydrogen (secondary N) is 2. The number of carboxylic acids is 2. The highest BCUT2D eigenvalue weighted by Crippen LogP contribution is 2.21. The quantitative estimate of drug-likeness (QED) is 0.429. The van der Waals surface area contributed by atoms with Crippen LogP contribution < -0.4 is 5.32 Å². The number of carbonyl (C=O) groups is 2. The average Bonchev–Trinajstić information content (AvgIpc) is 3.14. The van der Waals surface area contributed by atoms with Gasteiger partial charge in [0, 0.05) is 43.1 Å². The molecule has 0 bridgehead atoms. The lowest BCUT2D eigenvalue weighted by molar-refractivity contribution is -0.193. The molecule has 0 radical (unpaired) electrons. The molecule has 1 fully saturated rings. The molecule has 0 aliphatic carbocycles. The van der Waals surface area contributed by atoms with Crippen molar-refractivity contribution in [1.82, 2.24) is 20.1 Å². The maximum absolute atomic E-state index is 10.6. The van der Waals surface area contributed by atoms with Crippen LogP contribution in [-0.2, 0) is 22.6 Å². The lowest BCUT2D eigenvalue weighted by atomic mass is 10.0. The molecule has 36 heavy (non-hydrogen) atoms. The summed E-state index contributed by atoms with van der Waals surface area (Å²) in [6.45, 7) is 7.47. The fourth-order valence-electron chi connectivity index (χ4n) is 3.07. The Bertz CT molecular complexity index is 934. The number of hydrogen-bond donors (Lipinski definition) is 4. The first-order valence-electron chi connectivity index (χ1n) is 10.7. The third kappa shape index (κ3) is 10.9. The van der Waals surface area contributed by atoms with E-state index < -0.39 is 24.3 Å². The van der Waals surface area contributed by atoms with E-state index in [1.807, 2.05) is 12.3 Å². The number of piperidine rings is 1. The van der Waals surface area contributed by atoms with Crippen LogP contribution >= 0.6 is 0 Å². The number of hydrogen-bond acceptors (Lipinski definition) is 6. The maximum atomic E-state index is 10.6. The summed E-state index contributed by atoms with van der Waals surface area (Å²) < 4.78 is 63.5. The van der Waals surface area contributed by atoms with Crippen molar-refractivity contribution in [2.24, 2.45) is 0 Å². The predicted octanol–water partition coefficient (Wildman–Crippen LogP) is 4.02. The predicted molar refractivity (Wildman–Crippen MR) is 116 cm³/mol. The van der Waals surface area contributed by atoms with Gasteiger partial charge in [-0.05, 0) is 38.3 Å². The monoisotopic (exact) mass is 527 g/mol. The van der Waals surface area contributed by atoms with Crippen molar-refractivity contribution in [3.8, 4) is 0 Å². The van der Waals surface area contributed by atoms with E-state index >= 15 is 0 Å². The summed E-state index contributed by atoms with van der Waals surface area (Å²) in [6, 6.07) is 6.65. The van der Waals surface area contributed by atoms with E-state index in [-0.39, 0.29) is 0 Å². The highest BCUT2D eigenvalue weighted by Gasteiger charge is 2.38. The first-order valence-corrected chi connectivity index (χ1v) is 10.7. The zero-order valence-electron chi connectivity index (χ0n) is 19.4. The van der Waals surface area contributed by atoms with Crippen LogP contribution in [0.4, 0.5) is 32.2 Å². The minimum Gasteiger partial charge on any atom is -0.475 e. The largest absolute Gasteiger partial charge is 0.490 e. The number of likely N-dealkylation sites (tertiary alicyclic amines) is 1. The van der Waals surface area contributed by atoms with Gasteiger partial charge in [-0.25, -0.2) is 9.59 Å². The second-order valence-corrected chi connectivity index (χ2v) is 7.65. The van der Waals surface area contributed by atoms with Crippen LogP contribution in [0.25, 0.3) is 0 Å². The van der Waals surface area contributed by atoms with Gasteiger partial charge in [0.15, 0.2) is 5.82 Å². The molecule has 1 saturated heterocycles. The normalized spacial score (nSPS) is 14.7. The summed E-state index contributed by atoms with van der Waals surface area (Å²) in [5.41, 5.74) is 3.65.